The molecule has 0 saturated carbocycles. The molecule has 2 aromatic carbocycles. The van der Waals surface area contributed by atoms with Gasteiger partial charge in [-0.15, -0.1) is 0 Å². The first kappa shape index (κ1) is 13.8. The van der Waals surface area contributed by atoms with E-state index >= 15 is 0 Å². The molecule has 2 rings (SSSR count). The maximum Gasteiger partial charge on any atom is 0.146 e. The SMILES string of the molecule is Cc1ccc(Cl)c(Oc2cccc(F)c2[C@H](C)N)c1. The quantitative estimate of drug-likeness (QED) is 0.891. The highest BCUT2D eigenvalue weighted by molar-refractivity contribution is 6.32. The molecule has 0 heterocycles. The zero-order valence-electron chi connectivity index (χ0n) is 10.8. The number of rotatable bonds is 3. The summed E-state index contributed by atoms with van der Waals surface area (Å²) < 4.78 is 19.5. The number of hydrogen-bond donors (Lipinski definition) is 1. The minimum absolute atomic E-state index is 0.347. The molecule has 2 nitrogen and oxygen atoms in total. The van der Waals surface area contributed by atoms with E-state index in [1.54, 1.807) is 31.2 Å². The van der Waals surface area contributed by atoms with Crippen LogP contribution in [0.1, 0.15) is 24.1 Å². The fourth-order valence-electron chi connectivity index (χ4n) is 1.86. The van der Waals surface area contributed by atoms with Gasteiger partial charge in [-0.2, -0.15) is 0 Å². The van der Waals surface area contributed by atoms with Gasteiger partial charge in [0.05, 0.1) is 5.02 Å². The van der Waals surface area contributed by atoms with Crippen molar-refractivity contribution in [1.29, 1.82) is 0 Å². The summed E-state index contributed by atoms with van der Waals surface area (Å²) in [6.07, 6.45) is 0. The lowest BCUT2D eigenvalue weighted by molar-refractivity contribution is 0.461. The van der Waals surface area contributed by atoms with Gasteiger partial charge in [0.15, 0.2) is 0 Å². The fraction of sp³-hybridized carbons (Fsp3) is 0.200. The van der Waals surface area contributed by atoms with Crippen molar-refractivity contribution >= 4 is 11.6 Å². The van der Waals surface area contributed by atoms with Crippen LogP contribution in [0.15, 0.2) is 36.4 Å². The van der Waals surface area contributed by atoms with Crippen LogP contribution in [0.3, 0.4) is 0 Å². The van der Waals surface area contributed by atoms with Gasteiger partial charge in [0.2, 0.25) is 0 Å². The van der Waals surface area contributed by atoms with E-state index in [1.165, 1.54) is 6.07 Å². The summed E-state index contributed by atoms with van der Waals surface area (Å²) in [5, 5.41) is 0.477. The largest absolute Gasteiger partial charge is 0.455 e. The molecule has 4 heteroatoms. The Hall–Kier alpha value is -1.58. The number of nitrogens with two attached hydrogens (primary N) is 1. The summed E-state index contributed by atoms with van der Waals surface area (Å²) in [5.74, 6) is 0.507. The van der Waals surface area contributed by atoms with Crippen LogP contribution in [-0.4, -0.2) is 0 Å². The zero-order valence-corrected chi connectivity index (χ0v) is 11.5. The third-order valence-electron chi connectivity index (χ3n) is 2.77. The van der Waals surface area contributed by atoms with Gasteiger partial charge in [0.1, 0.15) is 17.3 Å². The molecule has 2 N–H and O–H groups in total. The van der Waals surface area contributed by atoms with Crippen molar-refractivity contribution in [3.8, 4) is 11.5 Å². The molecule has 0 saturated heterocycles. The van der Waals surface area contributed by atoms with Gasteiger partial charge in [0, 0.05) is 11.6 Å². The van der Waals surface area contributed by atoms with Gasteiger partial charge in [-0.05, 0) is 43.7 Å². The molecule has 1 atom stereocenters. The van der Waals surface area contributed by atoms with Crippen LogP contribution in [0.4, 0.5) is 4.39 Å². The molecule has 0 bridgehead atoms. The second-order valence-electron chi connectivity index (χ2n) is 4.48. The summed E-state index contributed by atoms with van der Waals surface area (Å²) in [5.41, 5.74) is 7.14. The molecular formula is C15H15ClFNO. The standard InChI is InChI=1S/C15H15ClFNO/c1-9-6-7-11(16)14(8-9)19-13-5-3-4-12(17)15(13)10(2)18/h3-8,10H,18H2,1-2H3/t10-/m0/s1. The first-order valence-electron chi connectivity index (χ1n) is 5.97. The van der Waals surface area contributed by atoms with E-state index in [0.717, 1.165) is 5.56 Å². The molecule has 0 aliphatic rings. The molecule has 0 radical (unpaired) electrons. The maximum atomic E-state index is 13.8. The van der Waals surface area contributed by atoms with Crippen LogP contribution in [0, 0.1) is 12.7 Å². The van der Waals surface area contributed by atoms with Gasteiger partial charge in [-0.1, -0.05) is 23.7 Å². The average Bonchev–Trinajstić information content (AvgIpc) is 2.33. The Bertz CT molecular complexity index is 599. The first-order valence-corrected chi connectivity index (χ1v) is 6.35. The Morgan fingerprint density at radius 3 is 2.63 bits per heavy atom. The zero-order chi connectivity index (χ0) is 14.0. The molecular weight excluding hydrogens is 265 g/mol. The monoisotopic (exact) mass is 279 g/mol. The topological polar surface area (TPSA) is 35.2 Å². The van der Waals surface area contributed by atoms with Crippen LogP contribution in [0.25, 0.3) is 0 Å². The minimum Gasteiger partial charge on any atom is -0.455 e. The molecule has 0 aromatic heterocycles. The predicted octanol–water partition coefficient (Wildman–Crippen LogP) is 4.60. The number of aryl methyl sites for hydroxylation is 1. The second-order valence-corrected chi connectivity index (χ2v) is 4.88. The predicted molar refractivity (Wildman–Crippen MR) is 75.3 cm³/mol. The normalized spacial score (nSPS) is 12.3. The lowest BCUT2D eigenvalue weighted by Gasteiger charge is -2.15. The molecule has 0 amide bonds. The third-order valence-corrected chi connectivity index (χ3v) is 3.09. The highest BCUT2D eigenvalue weighted by Gasteiger charge is 2.15. The Morgan fingerprint density at radius 2 is 1.95 bits per heavy atom. The highest BCUT2D eigenvalue weighted by Crippen LogP contribution is 2.34. The summed E-state index contributed by atoms with van der Waals surface area (Å²) in [6.45, 7) is 3.64. The smallest absolute Gasteiger partial charge is 0.146 e. The van der Waals surface area contributed by atoms with Crippen LogP contribution in [0.5, 0.6) is 11.5 Å². The van der Waals surface area contributed by atoms with Crippen LogP contribution < -0.4 is 10.5 Å². The van der Waals surface area contributed by atoms with Crippen molar-refractivity contribution in [2.75, 3.05) is 0 Å². The van der Waals surface area contributed by atoms with Gasteiger partial charge >= 0.3 is 0 Å². The lowest BCUT2D eigenvalue weighted by atomic mass is 10.1. The average molecular weight is 280 g/mol. The van der Waals surface area contributed by atoms with Gasteiger partial charge in [-0.3, -0.25) is 0 Å². The van der Waals surface area contributed by atoms with Crippen molar-refractivity contribution in [2.45, 2.75) is 19.9 Å². The molecule has 0 fully saturated rings. The Kier molecular flexibility index (Phi) is 4.08. The molecule has 0 aliphatic carbocycles. The van der Waals surface area contributed by atoms with Crippen LogP contribution in [0.2, 0.25) is 5.02 Å². The second kappa shape index (κ2) is 5.59. The maximum absolute atomic E-state index is 13.8. The van der Waals surface area contributed by atoms with E-state index in [4.69, 9.17) is 22.1 Å². The summed E-state index contributed by atoms with van der Waals surface area (Å²) in [6, 6.07) is 9.60. The Morgan fingerprint density at radius 1 is 1.21 bits per heavy atom. The fourth-order valence-corrected chi connectivity index (χ4v) is 2.01. The highest BCUT2D eigenvalue weighted by atomic mass is 35.5. The van der Waals surface area contributed by atoms with Gasteiger partial charge < -0.3 is 10.5 Å². The molecule has 2 aromatic rings. The number of ether oxygens (including phenoxy) is 1. The Labute approximate surface area is 117 Å². The van der Waals surface area contributed by atoms with E-state index in [9.17, 15) is 4.39 Å². The van der Waals surface area contributed by atoms with Crippen molar-refractivity contribution in [3.05, 3.63) is 58.4 Å². The molecule has 19 heavy (non-hydrogen) atoms. The lowest BCUT2D eigenvalue weighted by Crippen LogP contribution is -2.09. The summed E-state index contributed by atoms with van der Waals surface area (Å²) in [7, 11) is 0. The number of halogens is 2. The van der Waals surface area contributed by atoms with Crippen molar-refractivity contribution < 1.29 is 9.13 Å². The number of benzene rings is 2. The molecule has 0 spiro atoms. The van der Waals surface area contributed by atoms with E-state index in [1.807, 2.05) is 13.0 Å². The van der Waals surface area contributed by atoms with Crippen molar-refractivity contribution in [3.63, 3.8) is 0 Å². The van der Waals surface area contributed by atoms with Gasteiger partial charge in [0.25, 0.3) is 0 Å². The number of hydrogen-bond acceptors (Lipinski definition) is 2. The van der Waals surface area contributed by atoms with Crippen LogP contribution in [-0.2, 0) is 0 Å². The van der Waals surface area contributed by atoms with E-state index in [-0.39, 0.29) is 5.82 Å². The molecule has 100 valence electrons. The van der Waals surface area contributed by atoms with Crippen molar-refractivity contribution in [1.82, 2.24) is 0 Å². The molecule has 0 aliphatic heterocycles. The Balaban J connectivity index is 2.44. The van der Waals surface area contributed by atoms with E-state index in [2.05, 4.69) is 0 Å². The minimum atomic E-state index is -0.459. The van der Waals surface area contributed by atoms with Crippen molar-refractivity contribution in [2.24, 2.45) is 5.73 Å². The summed E-state index contributed by atoms with van der Waals surface area (Å²) >= 11 is 6.07. The first-order chi connectivity index (χ1) is 8.99. The van der Waals surface area contributed by atoms with Crippen LogP contribution >= 0.6 is 11.6 Å². The summed E-state index contributed by atoms with van der Waals surface area (Å²) in [4.78, 5) is 0. The third kappa shape index (κ3) is 3.06. The van der Waals surface area contributed by atoms with E-state index in [0.29, 0.717) is 22.1 Å². The molecule has 0 unspecified atom stereocenters. The van der Waals surface area contributed by atoms with Gasteiger partial charge in [-0.25, -0.2) is 4.39 Å². The van der Waals surface area contributed by atoms with E-state index < -0.39 is 6.04 Å².